The van der Waals surface area contributed by atoms with Crippen molar-refractivity contribution in [3.63, 3.8) is 0 Å². The maximum atomic E-state index is 5.59. The van der Waals surface area contributed by atoms with E-state index in [1.807, 2.05) is 12.1 Å². The lowest BCUT2D eigenvalue weighted by molar-refractivity contribution is 0.117. The van der Waals surface area contributed by atoms with Crippen molar-refractivity contribution in [3.05, 3.63) is 29.8 Å². The van der Waals surface area contributed by atoms with Gasteiger partial charge in [-0.15, -0.1) is 0 Å². The molecule has 0 fully saturated rings. The Kier molecular flexibility index (Phi) is 8.26. The molecule has 20 heavy (non-hydrogen) atoms. The molecular weight excluding hydrogens is 252 g/mol. The molecule has 0 saturated carbocycles. The third-order valence-electron chi connectivity index (χ3n) is 3.25. The minimum Gasteiger partial charge on any atom is -0.497 e. The molecule has 1 rings (SSSR count). The van der Waals surface area contributed by atoms with Gasteiger partial charge in [-0.3, -0.25) is 0 Å². The van der Waals surface area contributed by atoms with Gasteiger partial charge in [0.05, 0.1) is 20.3 Å². The van der Waals surface area contributed by atoms with Gasteiger partial charge in [0, 0.05) is 19.1 Å². The van der Waals surface area contributed by atoms with Crippen LogP contribution in [0.1, 0.15) is 24.9 Å². The second-order valence-electron chi connectivity index (χ2n) is 5.10. The summed E-state index contributed by atoms with van der Waals surface area (Å²) in [6, 6.07) is 8.62. The van der Waals surface area contributed by atoms with Crippen LogP contribution in [0, 0.1) is 0 Å². The Morgan fingerprint density at radius 3 is 2.40 bits per heavy atom. The predicted molar refractivity (Wildman–Crippen MR) is 83.4 cm³/mol. The summed E-state index contributed by atoms with van der Waals surface area (Å²) in [5.41, 5.74) is 1.29. The Labute approximate surface area is 123 Å². The van der Waals surface area contributed by atoms with E-state index in [1.165, 1.54) is 5.56 Å². The summed E-state index contributed by atoms with van der Waals surface area (Å²) in [4.78, 5) is 2.12. The molecule has 0 bridgehead atoms. The zero-order chi connectivity index (χ0) is 14.8. The average molecular weight is 280 g/mol. The number of ether oxygens (including phenoxy) is 2. The fraction of sp³-hybridized carbons (Fsp3) is 0.625. The van der Waals surface area contributed by atoms with Gasteiger partial charge in [-0.25, -0.2) is 0 Å². The van der Waals surface area contributed by atoms with Gasteiger partial charge in [-0.1, -0.05) is 19.1 Å². The van der Waals surface area contributed by atoms with Crippen LogP contribution in [0.2, 0.25) is 0 Å². The van der Waals surface area contributed by atoms with E-state index < -0.39 is 0 Å². The van der Waals surface area contributed by atoms with Crippen molar-refractivity contribution in [2.75, 3.05) is 47.5 Å². The second kappa shape index (κ2) is 9.75. The van der Waals surface area contributed by atoms with Crippen LogP contribution in [0.25, 0.3) is 0 Å². The number of benzene rings is 1. The molecule has 0 heterocycles. The van der Waals surface area contributed by atoms with Crippen molar-refractivity contribution in [1.82, 2.24) is 10.2 Å². The normalized spacial score (nSPS) is 12.7. The quantitative estimate of drug-likeness (QED) is 0.667. The molecule has 114 valence electrons. The monoisotopic (exact) mass is 280 g/mol. The van der Waals surface area contributed by atoms with Crippen LogP contribution in [0.15, 0.2) is 24.3 Å². The molecule has 0 aromatic heterocycles. The van der Waals surface area contributed by atoms with E-state index in [9.17, 15) is 0 Å². The molecule has 1 atom stereocenters. The maximum Gasteiger partial charge on any atom is 0.118 e. The summed E-state index contributed by atoms with van der Waals surface area (Å²) in [6.07, 6.45) is 1.06. The molecular formula is C16H28N2O2. The van der Waals surface area contributed by atoms with Gasteiger partial charge in [0.15, 0.2) is 0 Å². The van der Waals surface area contributed by atoms with Crippen molar-refractivity contribution in [1.29, 1.82) is 0 Å². The molecule has 0 amide bonds. The molecule has 4 heteroatoms. The molecule has 1 aromatic carbocycles. The van der Waals surface area contributed by atoms with Crippen molar-refractivity contribution in [3.8, 4) is 5.75 Å². The summed E-state index contributed by atoms with van der Waals surface area (Å²) < 4.78 is 10.8. The van der Waals surface area contributed by atoms with Crippen molar-refractivity contribution >= 4 is 0 Å². The maximum absolute atomic E-state index is 5.59. The van der Waals surface area contributed by atoms with Crippen LogP contribution in [0.5, 0.6) is 5.75 Å². The largest absolute Gasteiger partial charge is 0.497 e. The smallest absolute Gasteiger partial charge is 0.118 e. The summed E-state index contributed by atoms with van der Waals surface area (Å²) in [5.74, 6) is 0.899. The van der Waals surface area contributed by atoms with Crippen LogP contribution in [-0.2, 0) is 4.74 Å². The lowest BCUT2D eigenvalue weighted by atomic mass is 10.0. The SMILES string of the molecule is CCC(NCCOCCN(C)C)c1ccc(OC)cc1. The third kappa shape index (κ3) is 6.37. The summed E-state index contributed by atoms with van der Waals surface area (Å²) >= 11 is 0. The minimum atomic E-state index is 0.373. The number of nitrogens with one attached hydrogen (secondary N) is 1. The fourth-order valence-electron chi connectivity index (χ4n) is 1.99. The van der Waals surface area contributed by atoms with Gasteiger partial charge >= 0.3 is 0 Å². The first-order valence-corrected chi connectivity index (χ1v) is 7.27. The first-order valence-electron chi connectivity index (χ1n) is 7.27. The molecule has 0 radical (unpaired) electrons. The molecule has 1 aromatic rings. The van der Waals surface area contributed by atoms with Crippen LogP contribution >= 0.6 is 0 Å². The van der Waals surface area contributed by atoms with Gasteiger partial charge < -0.3 is 19.7 Å². The highest BCUT2D eigenvalue weighted by Gasteiger charge is 2.08. The molecule has 0 aliphatic carbocycles. The molecule has 0 aliphatic heterocycles. The van der Waals surface area contributed by atoms with Crippen LogP contribution < -0.4 is 10.1 Å². The topological polar surface area (TPSA) is 33.7 Å². The highest BCUT2D eigenvalue weighted by molar-refractivity contribution is 5.29. The Morgan fingerprint density at radius 2 is 1.85 bits per heavy atom. The zero-order valence-corrected chi connectivity index (χ0v) is 13.2. The third-order valence-corrected chi connectivity index (χ3v) is 3.25. The standard InChI is InChI=1S/C16H28N2O2/c1-5-16(14-6-8-15(19-4)9-7-14)17-10-12-20-13-11-18(2)3/h6-9,16-17H,5,10-13H2,1-4H3. The van der Waals surface area contributed by atoms with Crippen LogP contribution in [0.4, 0.5) is 0 Å². The zero-order valence-electron chi connectivity index (χ0n) is 13.2. The van der Waals surface area contributed by atoms with Crippen LogP contribution in [0.3, 0.4) is 0 Å². The average Bonchev–Trinajstić information content (AvgIpc) is 2.46. The van der Waals surface area contributed by atoms with E-state index in [-0.39, 0.29) is 0 Å². The molecule has 0 aliphatic rings. The lowest BCUT2D eigenvalue weighted by Crippen LogP contribution is -2.26. The van der Waals surface area contributed by atoms with Crippen molar-refractivity contribution in [2.24, 2.45) is 0 Å². The van der Waals surface area contributed by atoms with Gasteiger partial charge in [0.1, 0.15) is 5.75 Å². The van der Waals surface area contributed by atoms with E-state index in [2.05, 4.69) is 43.4 Å². The van der Waals surface area contributed by atoms with Crippen LogP contribution in [-0.4, -0.2) is 52.4 Å². The Morgan fingerprint density at radius 1 is 1.15 bits per heavy atom. The predicted octanol–water partition coefficient (Wildman–Crippen LogP) is 2.31. The van der Waals surface area contributed by atoms with E-state index in [0.717, 1.165) is 38.5 Å². The summed E-state index contributed by atoms with van der Waals surface area (Å²) in [6.45, 7) is 5.57. The van der Waals surface area contributed by atoms with Gasteiger partial charge in [0.25, 0.3) is 0 Å². The lowest BCUT2D eigenvalue weighted by Gasteiger charge is -2.18. The molecule has 4 nitrogen and oxygen atoms in total. The first kappa shape index (κ1) is 17.0. The number of methoxy groups -OCH3 is 1. The van der Waals surface area contributed by atoms with Gasteiger partial charge in [-0.2, -0.15) is 0 Å². The Bertz CT molecular complexity index is 352. The number of rotatable bonds is 10. The van der Waals surface area contributed by atoms with E-state index in [0.29, 0.717) is 6.04 Å². The van der Waals surface area contributed by atoms with Crippen molar-refractivity contribution in [2.45, 2.75) is 19.4 Å². The van der Waals surface area contributed by atoms with Gasteiger partial charge in [-0.05, 0) is 38.2 Å². The fourth-order valence-corrected chi connectivity index (χ4v) is 1.99. The number of hydrogen-bond acceptors (Lipinski definition) is 4. The minimum absolute atomic E-state index is 0.373. The first-order chi connectivity index (χ1) is 9.67. The molecule has 1 N–H and O–H groups in total. The number of likely N-dealkylation sites (N-methyl/N-ethyl adjacent to an activating group) is 1. The second-order valence-corrected chi connectivity index (χ2v) is 5.10. The number of nitrogens with zero attached hydrogens (tertiary/aromatic N) is 1. The van der Waals surface area contributed by atoms with E-state index in [1.54, 1.807) is 7.11 Å². The summed E-state index contributed by atoms with van der Waals surface area (Å²) in [5, 5.41) is 3.53. The Hall–Kier alpha value is -1.10. The van der Waals surface area contributed by atoms with Crippen molar-refractivity contribution < 1.29 is 9.47 Å². The van der Waals surface area contributed by atoms with E-state index >= 15 is 0 Å². The number of hydrogen-bond donors (Lipinski definition) is 1. The molecule has 0 spiro atoms. The molecule has 0 saturated heterocycles. The highest BCUT2D eigenvalue weighted by atomic mass is 16.5. The van der Waals surface area contributed by atoms with Gasteiger partial charge in [0.2, 0.25) is 0 Å². The Balaban J connectivity index is 2.28. The highest BCUT2D eigenvalue weighted by Crippen LogP contribution is 2.19. The summed E-state index contributed by atoms with van der Waals surface area (Å²) in [7, 11) is 5.80. The van der Waals surface area contributed by atoms with E-state index in [4.69, 9.17) is 9.47 Å². The molecule has 1 unspecified atom stereocenters.